The maximum absolute atomic E-state index is 6.43. The Morgan fingerprint density at radius 3 is 3.06 bits per heavy atom. The Hall–Kier alpha value is -1.06. The van der Waals surface area contributed by atoms with Crippen LogP contribution in [0.1, 0.15) is 18.4 Å². The molecule has 3 heteroatoms. The van der Waals surface area contributed by atoms with Crippen molar-refractivity contribution in [2.24, 2.45) is 5.73 Å². The van der Waals surface area contributed by atoms with Gasteiger partial charge in [0.2, 0.25) is 0 Å². The molecule has 3 rings (SSSR count). The summed E-state index contributed by atoms with van der Waals surface area (Å²) in [6.07, 6.45) is 3.31. The predicted octanol–water partition coefficient (Wildman–Crippen LogP) is 1.56. The minimum absolute atomic E-state index is 0.157. The zero-order chi connectivity index (χ0) is 11.7. The van der Waals surface area contributed by atoms with Gasteiger partial charge in [0.05, 0.1) is 12.1 Å². The largest absolute Gasteiger partial charge is 0.379 e. The highest BCUT2D eigenvalue weighted by atomic mass is 16.5. The normalized spacial score (nSPS) is 28.2. The van der Waals surface area contributed by atoms with E-state index < -0.39 is 0 Å². The first-order chi connectivity index (χ1) is 8.27. The van der Waals surface area contributed by atoms with Crippen LogP contribution in [-0.2, 0) is 11.2 Å². The maximum Gasteiger partial charge on any atom is 0.0663 e. The highest BCUT2D eigenvalue weighted by molar-refractivity contribution is 5.58. The molecule has 2 aliphatic rings. The number of ether oxygens (including phenoxy) is 1. The molecule has 0 aliphatic carbocycles. The first-order valence-corrected chi connectivity index (χ1v) is 6.46. The molecule has 2 N–H and O–H groups in total. The molecule has 1 saturated heterocycles. The fourth-order valence-corrected chi connectivity index (χ4v) is 2.95. The first kappa shape index (κ1) is 11.1. The molecular weight excluding hydrogens is 212 g/mol. The van der Waals surface area contributed by atoms with Crippen LogP contribution < -0.4 is 10.6 Å². The summed E-state index contributed by atoms with van der Waals surface area (Å²) in [5.74, 6) is 0. The second-order valence-corrected chi connectivity index (χ2v) is 5.32. The Labute approximate surface area is 103 Å². The molecule has 1 atom stereocenters. The molecule has 1 aromatic carbocycles. The van der Waals surface area contributed by atoms with Gasteiger partial charge >= 0.3 is 0 Å². The van der Waals surface area contributed by atoms with Crippen molar-refractivity contribution in [3.8, 4) is 0 Å². The third-order valence-electron chi connectivity index (χ3n) is 3.84. The molecule has 0 saturated carbocycles. The van der Waals surface area contributed by atoms with E-state index in [-0.39, 0.29) is 5.54 Å². The number of para-hydroxylation sites is 1. The van der Waals surface area contributed by atoms with Crippen LogP contribution in [0.4, 0.5) is 5.69 Å². The van der Waals surface area contributed by atoms with Crippen molar-refractivity contribution in [2.45, 2.75) is 24.8 Å². The van der Waals surface area contributed by atoms with E-state index in [0.29, 0.717) is 6.61 Å². The summed E-state index contributed by atoms with van der Waals surface area (Å²) in [6.45, 7) is 3.59. The lowest BCUT2D eigenvalue weighted by Gasteiger charge is -2.37. The van der Waals surface area contributed by atoms with Crippen LogP contribution in [0.5, 0.6) is 0 Å². The number of nitrogens with two attached hydrogens (primary N) is 1. The van der Waals surface area contributed by atoms with Crippen molar-refractivity contribution in [3.05, 3.63) is 29.8 Å². The molecule has 2 heterocycles. The molecule has 1 unspecified atom stereocenters. The Kier molecular flexibility index (Phi) is 2.81. The monoisotopic (exact) mass is 232 g/mol. The molecule has 92 valence electrons. The lowest BCUT2D eigenvalue weighted by atomic mass is 9.93. The summed E-state index contributed by atoms with van der Waals surface area (Å²) in [5.41, 5.74) is 9.09. The van der Waals surface area contributed by atoms with Crippen LogP contribution in [0.3, 0.4) is 0 Å². The molecule has 0 aromatic heterocycles. The summed E-state index contributed by atoms with van der Waals surface area (Å²) >= 11 is 0. The number of benzene rings is 1. The Morgan fingerprint density at radius 1 is 1.35 bits per heavy atom. The zero-order valence-electron chi connectivity index (χ0n) is 10.2. The van der Waals surface area contributed by atoms with Crippen molar-refractivity contribution in [1.82, 2.24) is 0 Å². The van der Waals surface area contributed by atoms with Gasteiger partial charge in [0, 0.05) is 25.4 Å². The molecule has 1 aromatic rings. The van der Waals surface area contributed by atoms with Crippen LogP contribution in [0, 0.1) is 0 Å². The van der Waals surface area contributed by atoms with Crippen molar-refractivity contribution >= 4 is 5.69 Å². The Balaban J connectivity index is 1.74. The van der Waals surface area contributed by atoms with E-state index in [1.807, 2.05) is 0 Å². The van der Waals surface area contributed by atoms with Crippen LogP contribution in [0.2, 0.25) is 0 Å². The quantitative estimate of drug-likeness (QED) is 0.841. The molecular formula is C14H20N2O. The second-order valence-electron chi connectivity index (χ2n) is 5.32. The lowest BCUT2D eigenvalue weighted by molar-refractivity contribution is 0.0410. The predicted molar refractivity (Wildman–Crippen MR) is 69.3 cm³/mol. The molecule has 0 radical (unpaired) electrons. The van der Waals surface area contributed by atoms with Gasteiger partial charge in [0.25, 0.3) is 0 Å². The van der Waals surface area contributed by atoms with Crippen LogP contribution in [0.15, 0.2) is 24.3 Å². The average molecular weight is 232 g/mol. The maximum atomic E-state index is 6.43. The van der Waals surface area contributed by atoms with Crippen molar-refractivity contribution in [2.75, 3.05) is 31.2 Å². The number of anilines is 1. The summed E-state index contributed by atoms with van der Waals surface area (Å²) in [4.78, 5) is 2.42. The van der Waals surface area contributed by atoms with Gasteiger partial charge < -0.3 is 15.4 Å². The van der Waals surface area contributed by atoms with E-state index in [1.54, 1.807) is 0 Å². The van der Waals surface area contributed by atoms with E-state index in [4.69, 9.17) is 10.5 Å². The molecule has 0 spiro atoms. The summed E-state index contributed by atoms with van der Waals surface area (Å²) in [5, 5.41) is 0. The summed E-state index contributed by atoms with van der Waals surface area (Å²) in [6, 6.07) is 8.65. The number of hydrogen-bond donors (Lipinski definition) is 1. The standard InChI is InChI=1S/C14H20N2O/c15-14(7-3-9-17-11-14)10-16-8-6-12-4-1-2-5-13(12)16/h1-2,4-5H,3,6-11,15H2. The highest BCUT2D eigenvalue weighted by Gasteiger charge is 2.32. The minimum atomic E-state index is -0.157. The van der Waals surface area contributed by atoms with Crippen molar-refractivity contribution in [3.63, 3.8) is 0 Å². The van der Waals surface area contributed by atoms with Crippen LogP contribution >= 0.6 is 0 Å². The number of fused-ring (bicyclic) bond motifs is 1. The fraction of sp³-hybridized carbons (Fsp3) is 0.571. The van der Waals surface area contributed by atoms with Gasteiger partial charge in [-0.15, -0.1) is 0 Å². The highest BCUT2D eigenvalue weighted by Crippen LogP contribution is 2.29. The second kappa shape index (κ2) is 4.31. The summed E-state index contributed by atoms with van der Waals surface area (Å²) in [7, 11) is 0. The summed E-state index contributed by atoms with van der Waals surface area (Å²) < 4.78 is 5.53. The zero-order valence-corrected chi connectivity index (χ0v) is 10.2. The van der Waals surface area contributed by atoms with Gasteiger partial charge in [-0.3, -0.25) is 0 Å². The minimum Gasteiger partial charge on any atom is -0.379 e. The Bertz CT molecular complexity index is 399. The van der Waals surface area contributed by atoms with Crippen LogP contribution in [-0.4, -0.2) is 31.8 Å². The topological polar surface area (TPSA) is 38.5 Å². The fourth-order valence-electron chi connectivity index (χ4n) is 2.95. The molecule has 2 aliphatic heterocycles. The number of nitrogens with zero attached hydrogens (tertiary/aromatic N) is 1. The average Bonchev–Trinajstić information content (AvgIpc) is 2.73. The van der Waals surface area contributed by atoms with Gasteiger partial charge in [0.15, 0.2) is 0 Å². The van der Waals surface area contributed by atoms with E-state index in [0.717, 1.165) is 39.0 Å². The SMILES string of the molecule is NC1(CN2CCc3ccccc32)CCCOC1. The molecule has 0 bridgehead atoms. The lowest BCUT2D eigenvalue weighted by Crippen LogP contribution is -2.55. The molecule has 1 fully saturated rings. The van der Waals surface area contributed by atoms with Crippen LogP contribution in [0.25, 0.3) is 0 Å². The van der Waals surface area contributed by atoms with Gasteiger partial charge in [-0.1, -0.05) is 18.2 Å². The van der Waals surface area contributed by atoms with Crippen molar-refractivity contribution < 1.29 is 4.74 Å². The molecule has 17 heavy (non-hydrogen) atoms. The third kappa shape index (κ3) is 2.17. The van der Waals surface area contributed by atoms with Gasteiger partial charge in [-0.05, 0) is 30.9 Å². The van der Waals surface area contributed by atoms with E-state index >= 15 is 0 Å². The van der Waals surface area contributed by atoms with Gasteiger partial charge in [0.1, 0.15) is 0 Å². The Morgan fingerprint density at radius 2 is 2.24 bits per heavy atom. The molecule has 3 nitrogen and oxygen atoms in total. The smallest absolute Gasteiger partial charge is 0.0663 e. The number of rotatable bonds is 2. The van der Waals surface area contributed by atoms with Gasteiger partial charge in [-0.2, -0.15) is 0 Å². The van der Waals surface area contributed by atoms with E-state index in [2.05, 4.69) is 29.2 Å². The van der Waals surface area contributed by atoms with E-state index in [9.17, 15) is 0 Å². The molecule has 0 amide bonds. The van der Waals surface area contributed by atoms with Gasteiger partial charge in [-0.25, -0.2) is 0 Å². The first-order valence-electron chi connectivity index (χ1n) is 6.46. The third-order valence-corrected chi connectivity index (χ3v) is 3.84. The number of hydrogen-bond acceptors (Lipinski definition) is 3. The van der Waals surface area contributed by atoms with Crippen molar-refractivity contribution in [1.29, 1.82) is 0 Å². The van der Waals surface area contributed by atoms with E-state index in [1.165, 1.54) is 11.3 Å².